The normalized spacial score (nSPS) is 14.8. The molecule has 1 aliphatic heterocycles. The van der Waals surface area contributed by atoms with Crippen LogP contribution in [0.5, 0.6) is 0 Å². The fraction of sp³-hybridized carbons (Fsp3) is 0.333. The van der Waals surface area contributed by atoms with Crippen LogP contribution in [0.2, 0.25) is 0 Å². The van der Waals surface area contributed by atoms with Crippen molar-refractivity contribution >= 4 is 28.3 Å². The third kappa shape index (κ3) is 5.78. The lowest BCUT2D eigenvalue weighted by atomic mass is 9.94. The van der Waals surface area contributed by atoms with E-state index in [0.717, 1.165) is 32.5 Å². The highest BCUT2D eigenvalue weighted by atomic mass is 16.5. The fourth-order valence-electron chi connectivity index (χ4n) is 4.41. The first-order valence-electron chi connectivity index (χ1n) is 11.5. The van der Waals surface area contributed by atoms with Crippen LogP contribution < -0.4 is 10.6 Å². The van der Waals surface area contributed by atoms with Crippen LogP contribution in [0.3, 0.4) is 0 Å². The van der Waals surface area contributed by atoms with E-state index in [-0.39, 0.29) is 17.7 Å². The quantitative estimate of drug-likeness (QED) is 0.513. The molecule has 1 heterocycles. The van der Waals surface area contributed by atoms with Gasteiger partial charge in [0.2, 0.25) is 5.91 Å². The molecule has 2 amide bonds. The van der Waals surface area contributed by atoms with Gasteiger partial charge in [-0.25, -0.2) is 0 Å². The molecule has 0 atom stereocenters. The van der Waals surface area contributed by atoms with Crippen molar-refractivity contribution in [2.75, 3.05) is 38.7 Å². The number of amides is 2. The van der Waals surface area contributed by atoms with Gasteiger partial charge >= 0.3 is 0 Å². The number of anilines is 1. The highest BCUT2D eigenvalue weighted by molar-refractivity contribution is 6.04. The topological polar surface area (TPSA) is 70.7 Å². The number of nitrogens with one attached hydrogen (secondary N) is 2. The summed E-state index contributed by atoms with van der Waals surface area (Å²) in [7, 11) is 1.59. The lowest BCUT2D eigenvalue weighted by Crippen LogP contribution is -2.38. The van der Waals surface area contributed by atoms with Gasteiger partial charge in [-0.15, -0.1) is 0 Å². The average molecular weight is 446 g/mol. The molecule has 6 nitrogen and oxygen atoms in total. The van der Waals surface area contributed by atoms with Gasteiger partial charge in [0.05, 0.1) is 17.9 Å². The van der Waals surface area contributed by atoms with Crippen molar-refractivity contribution in [1.82, 2.24) is 10.2 Å². The number of carbonyl (C=O) groups is 2. The second-order valence-electron chi connectivity index (χ2n) is 8.47. The third-order valence-corrected chi connectivity index (χ3v) is 6.25. The predicted octanol–water partition coefficient (Wildman–Crippen LogP) is 4.07. The maximum Gasteiger partial charge on any atom is 0.253 e. The Morgan fingerprint density at radius 1 is 0.970 bits per heavy atom. The minimum absolute atomic E-state index is 0.0167. The molecule has 0 aliphatic carbocycles. The molecule has 6 heteroatoms. The van der Waals surface area contributed by atoms with E-state index in [1.807, 2.05) is 6.07 Å². The number of methoxy groups -OCH3 is 1. The van der Waals surface area contributed by atoms with Gasteiger partial charge in [-0.3, -0.25) is 14.5 Å². The van der Waals surface area contributed by atoms with Crippen molar-refractivity contribution in [2.24, 2.45) is 5.92 Å². The first-order valence-corrected chi connectivity index (χ1v) is 11.5. The number of benzene rings is 3. The Morgan fingerprint density at radius 3 is 2.52 bits per heavy atom. The van der Waals surface area contributed by atoms with Gasteiger partial charge in [0.1, 0.15) is 0 Å². The zero-order valence-corrected chi connectivity index (χ0v) is 19.0. The summed E-state index contributed by atoms with van der Waals surface area (Å²) in [4.78, 5) is 27.9. The number of likely N-dealkylation sites (tertiary alicyclic amines) is 1. The number of rotatable bonds is 8. The molecule has 1 saturated heterocycles. The smallest absolute Gasteiger partial charge is 0.253 e. The Kier molecular flexibility index (Phi) is 7.70. The Hall–Kier alpha value is -3.22. The fourth-order valence-corrected chi connectivity index (χ4v) is 4.41. The second kappa shape index (κ2) is 11.1. The van der Waals surface area contributed by atoms with E-state index in [1.54, 1.807) is 25.3 Å². The lowest BCUT2D eigenvalue weighted by Gasteiger charge is -2.31. The lowest BCUT2D eigenvalue weighted by molar-refractivity contribution is -0.121. The summed E-state index contributed by atoms with van der Waals surface area (Å²) >= 11 is 0. The summed E-state index contributed by atoms with van der Waals surface area (Å²) < 4.78 is 4.98. The van der Waals surface area contributed by atoms with E-state index >= 15 is 0 Å². The summed E-state index contributed by atoms with van der Waals surface area (Å²) in [5.74, 6) is -0.289. The van der Waals surface area contributed by atoms with Crippen LogP contribution in [0.15, 0.2) is 66.7 Å². The van der Waals surface area contributed by atoms with Crippen LogP contribution in [-0.4, -0.2) is 50.1 Å². The molecule has 0 aromatic heterocycles. The van der Waals surface area contributed by atoms with Gasteiger partial charge < -0.3 is 15.4 Å². The molecule has 1 aliphatic rings. The Bertz CT molecular complexity index is 1100. The monoisotopic (exact) mass is 445 g/mol. The van der Waals surface area contributed by atoms with Crippen LogP contribution >= 0.6 is 0 Å². The summed E-state index contributed by atoms with van der Waals surface area (Å²) in [6, 6.07) is 22.0. The molecule has 2 N–H and O–H groups in total. The molecule has 4 rings (SSSR count). The van der Waals surface area contributed by atoms with Gasteiger partial charge in [-0.1, -0.05) is 54.6 Å². The number of hydrogen-bond acceptors (Lipinski definition) is 4. The van der Waals surface area contributed by atoms with Crippen LogP contribution in [-0.2, 0) is 16.1 Å². The van der Waals surface area contributed by atoms with Crippen molar-refractivity contribution < 1.29 is 14.3 Å². The minimum Gasteiger partial charge on any atom is -0.383 e. The van der Waals surface area contributed by atoms with E-state index in [9.17, 15) is 9.59 Å². The summed E-state index contributed by atoms with van der Waals surface area (Å²) in [6.07, 6.45) is 1.61. The number of fused-ring (bicyclic) bond motifs is 1. The molecular weight excluding hydrogens is 414 g/mol. The number of carbonyl (C=O) groups excluding carboxylic acids is 2. The number of hydrogen-bond donors (Lipinski definition) is 2. The van der Waals surface area contributed by atoms with Gasteiger partial charge in [0.25, 0.3) is 5.91 Å². The van der Waals surface area contributed by atoms with Gasteiger partial charge in [-0.05, 0) is 54.4 Å². The van der Waals surface area contributed by atoms with E-state index in [0.29, 0.717) is 24.4 Å². The van der Waals surface area contributed by atoms with E-state index in [4.69, 9.17) is 4.74 Å². The maximum absolute atomic E-state index is 13.0. The van der Waals surface area contributed by atoms with Gasteiger partial charge in [0, 0.05) is 26.1 Å². The molecule has 0 unspecified atom stereocenters. The SMILES string of the molecule is COCCNC(=O)c1ccccc1NC(=O)C1CCN(Cc2cccc3ccccc23)CC1. The highest BCUT2D eigenvalue weighted by Gasteiger charge is 2.26. The number of piperidine rings is 1. The van der Waals surface area contributed by atoms with Crippen molar-refractivity contribution in [3.63, 3.8) is 0 Å². The zero-order chi connectivity index (χ0) is 23.0. The molecule has 172 valence electrons. The molecule has 3 aromatic carbocycles. The van der Waals surface area contributed by atoms with Crippen LogP contribution in [0.25, 0.3) is 10.8 Å². The first kappa shape index (κ1) is 23.0. The van der Waals surface area contributed by atoms with Crippen molar-refractivity contribution in [3.8, 4) is 0 Å². The van der Waals surface area contributed by atoms with Gasteiger partial charge in [-0.2, -0.15) is 0 Å². The third-order valence-electron chi connectivity index (χ3n) is 6.25. The average Bonchev–Trinajstić information content (AvgIpc) is 2.85. The number of nitrogens with zero attached hydrogens (tertiary/aromatic N) is 1. The van der Waals surface area contributed by atoms with Gasteiger partial charge in [0.15, 0.2) is 0 Å². The van der Waals surface area contributed by atoms with Crippen LogP contribution in [0.1, 0.15) is 28.8 Å². The summed E-state index contributed by atoms with van der Waals surface area (Å²) in [5, 5.41) is 8.35. The number of ether oxygens (including phenoxy) is 1. The maximum atomic E-state index is 13.0. The highest BCUT2D eigenvalue weighted by Crippen LogP contribution is 2.25. The standard InChI is InChI=1S/C27H31N3O3/c1-33-18-15-28-27(32)24-11-4-5-12-25(24)29-26(31)21-13-16-30(17-14-21)19-22-9-6-8-20-7-2-3-10-23(20)22/h2-12,21H,13-19H2,1H3,(H,28,32)(H,29,31). The molecule has 0 radical (unpaired) electrons. The minimum atomic E-state index is -0.215. The van der Waals surface area contributed by atoms with E-state index in [1.165, 1.54) is 16.3 Å². The van der Waals surface area contributed by atoms with Crippen LogP contribution in [0.4, 0.5) is 5.69 Å². The molecular formula is C27H31N3O3. The molecule has 3 aromatic rings. The second-order valence-corrected chi connectivity index (χ2v) is 8.47. The van der Waals surface area contributed by atoms with E-state index < -0.39 is 0 Å². The van der Waals surface area contributed by atoms with Crippen LogP contribution in [0, 0.1) is 5.92 Å². The van der Waals surface area contributed by atoms with Crippen molar-refractivity contribution in [2.45, 2.75) is 19.4 Å². The predicted molar refractivity (Wildman–Crippen MR) is 131 cm³/mol. The molecule has 33 heavy (non-hydrogen) atoms. The zero-order valence-electron chi connectivity index (χ0n) is 19.0. The molecule has 1 fully saturated rings. The van der Waals surface area contributed by atoms with Crippen molar-refractivity contribution in [1.29, 1.82) is 0 Å². The number of para-hydroxylation sites is 1. The Morgan fingerprint density at radius 2 is 1.70 bits per heavy atom. The Balaban J connectivity index is 1.33. The first-order chi connectivity index (χ1) is 16.2. The largest absolute Gasteiger partial charge is 0.383 e. The molecule has 0 spiro atoms. The van der Waals surface area contributed by atoms with E-state index in [2.05, 4.69) is 58.0 Å². The van der Waals surface area contributed by atoms with Crippen molar-refractivity contribution in [3.05, 3.63) is 77.9 Å². The summed E-state index contributed by atoms with van der Waals surface area (Å²) in [6.45, 7) is 3.51. The Labute approximate surface area is 194 Å². The summed E-state index contributed by atoms with van der Waals surface area (Å²) in [5.41, 5.74) is 2.34. The molecule has 0 saturated carbocycles. The molecule has 0 bridgehead atoms.